The molecule has 0 aliphatic heterocycles. The monoisotopic (exact) mass is 297 g/mol. The topological polar surface area (TPSA) is 29.1 Å². The summed E-state index contributed by atoms with van der Waals surface area (Å²) in [4.78, 5) is 12.0. The summed E-state index contributed by atoms with van der Waals surface area (Å²) < 4.78 is 13.1. The number of carbonyl (C=O) groups is 1. The Hall–Kier alpha value is -1.58. The zero-order valence-electron chi connectivity index (χ0n) is 10.0. The summed E-state index contributed by atoms with van der Waals surface area (Å²) in [7, 11) is 0. The van der Waals surface area contributed by atoms with Crippen molar-refractivity contribution in [1.82, 2.24) is 0 Å². The third-order valence-corrected chi connectivity index (χ3v) is 2.98. The Balaban J connectivity index is 2.22. The lowest BCUT2D eigenvalue weighted by Gasteiger charge is -2.07. The molecule has 0 unspecified atom stereocenters. The molecule has 0 radical (unpaired) electrons. The van der Waals surface area contributed by atoms with Gasteiger partial charge in [-0.05, 0) is 48.9 Å². The van der Waals surface area contributed by atoms with Gasteiger partial charge in [0.05, 0.1) is 0 Å². The van der Waals surface area contributed by atoms with Crippen LogP contribution in [-0.2, 0) is 0 Å². The first-order valence-corrected chi connectivity index (χ1v) is 6.25. The number of anilines is 1. The second kappa shape index (κ2) is 5.59. The van der Waals surface area contributed by atoms with E-state index in [4.69, 9.17) is 23.2 Å². The zero-order valence-corrected chi connectivity index (χ0v) is 11.5. The van der Waals surface area contributed by atoms with Gasteiger partial charge < -0.3 is 5.32 Å². The van der Waals surface area contributed by atoms with E-state index in [1.807, 2.05) is 0 Å². The van der Waals surface area contributed by atoms with Crippen molar-refractivity contribution < 1.29 is 9.18 Å². The molecule has 0 fully saturated rings. The van der Waals surface area contributed by atoms with Gasteiger partial charge in [0.25, 0.3) is 5.91 Å². The van der Waals surface area contributed by atoms with E-state index in [9.17, 15) is 9.18 Å². The summed E-state index contributed by atoms with van der Waals surface area (Å²) in [5, 5.41) is 3.51. The van der Waals surface area contributed by atoms with Crippen LogP contribution in [0, 0.1) is 12.7 Å². The highest BCUT2D eigenvalue weighted by atomic mass is 35.5. The highest BCUT2D eigenvalue weighted by Gasteiger charge is 2.09. The third kappa shape index (κ3) is 3.46. The number of hydrogen-bond acceptors (Lipinski definition) is 1. The number of nitrogens with one attached hydrogen (secondary N) is 1. The van der Waals surface area contributed by atoms with Crippen molar-refractivity contribution in [3.05, 3.63) is 63.4 Å². The fourth-order valence-corrected chi connectivity index (χ4v) is 2.14. The van der Waals surface area contributed by atoms with E-state index < -0.39 is 0 Å². The summed E-state index contributed by atoms with van der Waals surface area (Å²) in [5.41, 5.74) is 1.27. The van der Waals surface area contributed by atoms with Crippen LogP contribution in [0.4, 0.5) is 10.1 Å². The normalized spacial score (nSPS) is 10.3. The smallest absolute Gasteiger partial charge is 0.255 e. The quantitative estimate of drug-likeness (QED) is 0.856. The molecule has 0 bridgehead atoms. The molecule has 2 aromatic rings. The summed E-state index contributed by atoms with van der Waals surface area (Å²) in [6, 6.07) is 8.90. The molecule has 0 atom stereocenters. The molecular weight excluding hydrogens is 288 g/mol. The number of halogens is 3. The van der Waals surface area contributed by atoms with Crippen molar-refractivity contribution in [3.63, 3.8) is 0 Å². The molecule has 2 rings (SSSR count). The first-order valence-electron chi connectivity index (χ1n) is 5.49. The summed E-state index contributed by atoms with van der Waals surface area (Å²) in [6.07, 6.45) is 0. The molecule has 19 heavy (non-hydrogen) atoms. The Morgan fingerprint density at radius 3 is 2.32 bits per heavy atom. The van der Waals surface area contributed by atoms with Crippen molar-refractivity contribution in [1.29, 1.82) is 0 Å². The largest absolute Gasteiger partial charge is 0.322 e. The standard InChI is InChI=1S/C14H10Cl2FNO/c1-8-4-9(2-3-13(8)17)14(19)18-12-6-10(15)5-11(16)7-12/h2-7H,1H3,(H,18,19). The van der Waals surface area contributed by atoms with Gasteiger partial charge in [0, 0.05) is 21.3 Å². The van der Waals surface area contributed by atoms with Crippen LogP contribution >= 0.6 is 23.2 Å². The lowest BCUT2D eigenvalue weighted by atomic mass is 10.1. The van der Waals surface area contributed by atoms with Gasteiger partial charge in [-0.1, -0.05) is 23.2 Å². The predicted octanol–water partition coefficient (Wildman–Crippen LogP) is 4.69. The van der Waals surface area contributed by atoms with Gasteiger partial charge in [-0.3, -0.25) is 4.79 Å². The number of hydrogen-bond donors (Lipinski definition) is 1. The highest BCUT2D eigenvalue weighted by molar-refractivity contribution is 6.35. The van der Waals surface area contributed by atoms with Crippen molar-refractivity contribution in [3.8, 4) is 0 Å². The molecular formula is C14H10Cl2FNO. The lowest BCUT2D eigenvalue weighted by Crippen LogP contribution is -2.12. The van der Waals surface area contributed by atoms with Gasteiger partial charge in [-0.15, -0.1) is 0 Å². The van der Waals surface area contributed by atoms with Gasteiger partial charge in [0.1, 0.15) is 5.82 Å². The Morgan fingerprint density at radius 1 is 1.11 bits per heavy atom. The summed E-state index contributed by atoms with van der Waals surface area (Å²) in [5.74, 6) is -0.691. The van der Waals surface area contributed by atoms with Crippen LogP contribution in [0.15, 0.2) is 36.4 Å². The van der Waals surface area contributed by atoms with Crippen LogP contribution in [0.3, 0.4) is 0 Å². The Morgan fingerprint density at radius 2 is 1.74 bits per heavy atom. The van der Waals surface area contributed by atoms with E-state index in [0.29, 0.717) is 26.9 Å². The van der Waals surface area contributed by atoms with E-state index in [1.165, 1.54) is 18.2 Å². The molecule has 0 aromatic heterocycles. The summed E-state index contributed by atoms with van der Waals surface area (Å²) in [6.45, 7) is 1.60. The van der Waals surface area contributed by atoms with Crippen molar-refractivity contribution in [2.24, 2.45) is 0 Å². The highest BCUT2D eigenvalue weighted by Crippen LogP contribution is 2.23. The molecule has 0 aliphatic carbocycles. The average Bonchev–Trinajstić information content (AvgIpc) is 2.31. The maximum atomic E-state index is 13.1. The first-order chi connectivity index (χ1) is 8.95. The SMILES string of the molecule is Cc1cc(C(=O)Nc2cc(Cl)cc(Cl)c2)ccc1F. The summed E-state index contributed by atoms with van der Waals surface area (Å²) >= 11 is 11.7. The van der Waals surface area contributed by atoms with Gasteiger partial charge in [-0.25, -0.2) is 4.39 Å². The van der Waals surface area contributed by atoms with Crippen LogP contribution in [0.1, 0.15) is 15.9 Å². The van der Waals surface area contributed by atoms with E-state index in [0.717, 1.165) is 0 Å². The minimum atomic E-state index is -0.346. The van der Waals surface area contributed by atoms with E-state index >= 15 is 0 Å². The zero-order chi connectivity index (χ0) is 14.0. The van der Waals surface area contributed by atoms with Crippen LogP contribution in [0.2, 0.25) is 10.0 Å². The fourth-order valence-electron chi connectivity index (χ4n) is 1.62. The van der Waals surface area contributed by atoms with Crippen LogP contribution in [0.5, 0.6) is 0 Å². The van der Waals surface area contributed by atoms with Crippen LogP contribution in [-0.4, -0.2) is 5.91 Å². The van der Waals surface area contributed by atoms with Crippen molar-refractivity contribution in [2.45, 2.75) is 6.92 Å². The lowest BCUT2D eigenvalue weighted by molar-refractivity contribution is 0.102. The van der Waals surface area contributed by atoms with Gasteiger partial charge >= 0.3 is 0 Å². The number of carbonyl (C=O) groups excluding carboxylic acids is 1. The molecule has 1 amide bonds. The number of benzene rings is 2. The number of aryl methyl sites for hydroxylation is 1. The van der Waals surface area contributed by atoms with Crippen molar-refractivity contribution >= 4 is 34.8 Å². The van der Waals surface area contributed by atoms with Gasteiger partial charge in [0.2, 0.25) is 0 Å². The van der Waals surface area contributed by atoms with E-state index in [-0.39, 0.29) is 11.7 Å². The minimum absolute atomic E-state index is 0.345. The molecule has 1 N–H and O–H groups in total. The molecule has 98 valence electrons. The molecule has 0 saturated heterocycles. The Bertz CT molecular complexity index is 623. The second-order valence-corrected chi connectivity index (χ2v) is 4.95. The molecule has 0 saturated carbocycles. The molecule has 2 aromatic carbocycles. The van der Waals surface area contributed by atoms with Gasteiger partial charge in [-0.2, -0.15) is 0 Å². The first kappa shape index (κ1) is 13.8. The molecule has 0 aliphatic rings. The molecule has 2 nitrogen and oxygen atoms in total. The minimum Gasteiger partial charge on any atom is -0.322 e. The molecule has 0 spiro atoms. The van der Waals surface area contributed by atoms with Gasteiger partial charge in [0.15, 0.2) is 0 Å². The number of rotatable bonds is 2. The fraction of sp³-hybridized carbons (Fsp3) is 0.0714. The van der Waals surface area contributed by atoms with E-state index in [1.54, 1.807) is 25.1 Å². The molecule has 0 heterocycles. The second-order valence-electron chi connectivity index (χ2n) is 4.08. The van der Waals surface area contributed by atoms with E-state index in [2.05, 4.69) is 5.32 Å². The number of amides is 1. The van der Waals surface area contributed by atoms with Crippen LogP contribution in [0.25, 0.3) is 0 Å². The van der Waals surface area contributed by atoms with Crippen molar-refractivity contribution in [2.75, 3.05) is 5.32 Å². The Labute approximate surface area is 120 Å². The maximum absolute atomic E-state index is 13.1. The maximum Gasteiger partial charge on any atom is 0.255 e. The predicted molar refractivity (Wildman–Crippen MR) is 75.6 cm³/mol. The van der Waals surface area contributed by atoms with Crippen LogP contribution < -0.4 is 5.32 Å². The average molecular weight is 298 g/mol. The Kier molecular flexibility index (Phi) is 4.08. The third-order valence-electron chi connectivity index (χ3n) is 2.54. The molecule has 5 heteroatoms.